The monoisotopic (exact) mass is 581 g/mol. The lowest BCUT2D eigenvalue weighted by molar-refractivity contribution is -0.274. The minimum atomic E-state index is -4.80. The summed E-state index contributed by atoms with van der Waals surface area (Å²) in [5.74, 6) is -3.74. The van der Waals surface area contributed by atoms with Gasteiger partial charge in [-0.25, -0.2) is 4.68 Å². The second kappa shape index (κ2) is 11.6. The molecule has 1 saturated carbocycles. The molecule has 4 aromatic rings. The minimum Gasteiger partial charge on any atom is -0.489 e. The van der Waals surface area contributed by atoms with E-state index in [1.807, 2.05) is 13.0 Å². The van der Waals surface area contributed by atoms with Crippen LogP contribution in [0.5, 0.6) is 11.5 Å². The Kier molecular flexibility index (Phi) is 7.97. The van der Waals surface area contributed by atoms with Crippen molar-refractivity contribution in [2.45, 2.75) is 39.3 Å². The lowest BCUT2D eigenvalue weighted by atomic mass is 9.84. The van der Waals surface area contributed by atoms with Crippen LogP contribution >= 0.6 is 0 Å². The first-order valence-electron chi connectivity index (χ1n) is 13.2. The van der Waals surface area contributed by atoms with Crippen LogP contribution in [-0.2, 0) is 17.9 Å². The molecule has 9 nitrogen and oxygen atoms in total. The Morgan fingerprint density at radius 1 is 1.02 bits per heavy atom. The molecule has 1 aliphatic carbocycles. The number of hydrogen-bond donors (Lipinski definition) is 1. The number of halogens is 3. The molecule has 1 N–H and O–H groups in total. The summed E-state index contributed by atoms with van der Waals surface area (Å²) in [6.45, 7) is 1.84. The Hall–Kier alpha value is -4.74. The highest BCUT2D eigenvalue weighted by Gasteiger charge is 2.45. The van der Waals surface area contributed by atoms with Crippen molar-refractivity contribution in [3.8, 4) is 11.5 Å². The number of carbonyl (C=O) groups is 2. The summed E-state index contributed by atoms with van der Waals surface area (Å²) in [6.07, 6.45) is -4.04. The van der Waals surface area contributed by atoms with E-state index < -0.39 is 30.1 Å². The van der Waals surface area contributed by atoms with E-state index in [0.29, 0.717) is 40.6 Å². The third-order valence-corrected chi connectivity index (χ3v) is 7.37. The molecule has 0 aliphatic heterocycles. The van der Waals surface area contributed by atoms with Crippen LogP contribution in [0.2, 0.25) is 0 Å². The van der Waals surface area contributed by atoms with E-state index in [0.717, 1.165) is 5.56 Å². The first-order valence-corrected chi connectivity index (χ1v) is 13.2. The average Bonchev–Trinajstić information content (AvgIpc) is 3.37. The van der Waals surface area contributed by atoms with E-state index in [4.69, 9.17) is 4.74 Å². The third-order valence-electron chi connectivity index (χ3n) is 7.37. The van der Waals surface area contributed by atoms with Crippen molar-refractivity contribution in [2.24, 2.45) is 17.8 Å². The molecule has 5 rings (SSSR count). The van der Waals surface area contributed by atoms with Crippen molar-refractivity contribution in [3.05, 3.63) is 93.8 Å². The van der Waals surface area contributed by atoms with Crippen LogP contribution in [0.1, 0.15) is 34.3 Å². The molecule has 1 aromatic heterocycles. The fraction of sp³-hybridized carbons (Fsp3) is 0.300. The summed E-state index contributed by atoms with van der Waals surface area (Å²) in [4.78, 5) is 38.7. The van der Waals surface area contributed by atoms with Crippen molar-refractivity contribution in [2.75, 3.05) is 0 Å². The second-order valence-electron chi connectivity index (χ2n) is 10.3. The van der Waals surface area contributed by atoms with Crippen molar-refractivity contribution in [3.63, 3.8) is 0 Å². The molecular weight excluding hydrogens is 555 g/mol. The third kappa shape index (κ3) is 6.42. The van der Waals surface area contributed by atoms with Gasteiger partial charge in [0.25, 0.3) is 5.56 Å². The number of ether oxygens (including phenoxy) is 2. The number of rotatable bonds is 9. The number of hydrogen-bond acceptors (Lipinski definition) is 7. The van der Waals surface area contributed by atoms with Gasteiger partial charge in [-0.05, 0) is 79.8 Å². The Bertz CT molecular complexity index is 1690. The molecule has 1 aliphatic rings. The topological polar surface area (TPSA) is 121 Å². The number of aromatic nitrogens is 3. The Morgan fingerprint density at radius 2 is 1.79 bits per heavy atom. The van der Waals surface area contributed by atoms with Crippen LogP contribution in [0.4, 0.5) is 13.2 Å². The number of fused-ring (bicyclic) bond motifs is 1. The van der Waals surface area contributed by atoms with E-state index in [1.54, 1.807) is 18.2 Å². The number of ketones is 1. The maximum atomic E-state index is 13.4. The fourth-order valence-corrected chi connectivity index (χ4v) is 5.41. The number of carbonyl (C=O) groups excluding carboxylic acids is 1. The summed E-state index contributed by atoms with van der Waals surface area (Å²) in [6, 6.07) is 16.8. The van der Waals surface area contributed by atoms with Gasteiger partial charge in [-0.15, -0.1) is 18.3 Å². The zero-order valence-corrected chi connectivity index (χ0v) is 22.4. The van der Waals surface area contributed by atoms with Crippen molar-refractivity contribution in [1.82, 2.24) is 15.0 Å². The van der Waals surface area contributed by atoms with Gasteiger partial charge in [0.2, 0.25) is 0 Å². The Balaban J connectivity index is 1.25. The van der Waals surface area contributed by atoms with E-state index in [2.05, 4.69) is 15.0 Å². The number of benzene rings is 3. The van der Waals surface area contributed by atoms with Crippen molar-refractivity contribution >= 4 is 22.7 Å². The SMILES string of the molecule is Cc1ccc2nnn(C[C@@H]3CC[C@H](C(=O)c4ccc(OCc5cccc(OC(F)(F)F)c5)cc4)[C@H]3C(=O)O)c(=O)c2c1. The number of nitrogens with zero attached hydrogens (tertiary/aromatic N) is 3. The van der Waals surface area contributed by atoms with Crippen LogP contribution in [0.15, 0.2) is 71.5 Å². The molecule has 12 heteroatoms. The molecule has 0 radical (unpaired) electrons. The molecule has 0 saturated heterocycles. The normalized spacial score (nSPS) is 18.6. The summed E-state index contributed by atoms with van der Waals surface area (Å²) < 4.78 is 48.2. The molecule has 3 aromatic carbocycles. The second-order valence-corrected chi connectivity index (χ2v) is 10.3. The van der Waals surface area contributed by atoms with Crippen LogP contribution in [-0.4, -0.2) is 38.2 Å². The molecule has 218 valence electrons. The fourth-order valence-electron chi connectivity index (χ4n) is 5.41. The molecule has 0 amide bonds. The highest BCUT2D eigenvalue weighted by molar-refractivity contribution is 6.00. The molecule has 42 heavy (non-hydrogen) atoms. The number of aliphatic carboxylic acids is 1. The highest BCUT2D eigenvalue weighted by atomic mass is 19.4. The summed E-state index contributed by atoms with van der Waals surface area (Å²) in [7, 11) is 0. The molecule has 1 fully saturated rings. The number of Topliss-reactive ketones (excluding diaryl/α,β-unsaturated/α-hetero) is 1. The number of aryl methyl sites for hydroxylation is 1. The van der Waals surface area contributed by atoms with Gasteiger partial charge < -0.3 is 14.6 Å². The standard InChI is InChI=1S/C30H26F3N3O6/c1-17-5-12-25-24(13-17)28(38)36(35-34-25)15-20-8-11-23(26(20)29(39)40)27(37)19-6-9-21(10-7-19)41-16-18-3-2-4-22(14-18)42-30(31,32)33/h2-7,9-10,12-14,20,23,26H,8,11,15-16H2,1H3,(H,39,40)/t20-,23-,26-/m0/s1. The van der Waals surface area contributed by atoms with Gasteiger partial charge in [0.1, 0.15) is 23.6 Å². The van der Waals surface area contributed by atoms with Gasteiger partial charge in [-0.1, -0.05) is 29.0 Å². The van der Waals surface area contributed by atoms with Gasteiger partial charge in [0.15, 0.2) is 5.78 Å². The average molecular weight is 582 g/mol. The van der Waals surface area contributed by atoms with E-state index in [9.17, 15) is 32.7 Å². The smallest absolute Gasteiger partial charge is 0.489 e. The molecule has 0 spiro atoms. The van der Waals surface area contributed by atoms with Gasteiger partial charge in [-0.3, -0.25) is 14.4 Å². The first-order chi connectivity index (χ1) is 20.0. The number of carboxylic acids is 1. The summed E-state index contributed by atoms with van der Waals surface area (Å²) in [5.41, 5.74) is 1.72. The lowest BCUT2D eigenvalue weighted by Gasteiger charge is -2.20. The summed E-state index contributed by atoms with van der Waals surface area (Å²) >= 11 is 0. The highest BCUT2D eigenvalue weighted by Crippen LogP contribution is 2.40. The molecule has 3 atom stereocenters. The quantitative estimate of drug-likeness (QED) is 0.268. The predicted molar refractivity (Wildman–Crippen MR) is 144 cm³/mol. The van der Waals surface area contributed by atoms with Gasteiger partial charge in [-0.2, -0.15) is 0 Å². The largest absolute Gasteiger partial charge is 0.573 e. The molecular formula is C30H26F3N3O6. The molecule has 0 bridgehead atoms. The zero-order valence-electron chi connectivity index (χ0n) is 22.4. The van der Waals surface area contributed by atoms with Crippen LogP contribution in [0.3, 0.4) is 0 Å². The summed E-state index contributed by atoms with van der Waals surface area (Å²) in [5, 5.41) is 18.5. The zero-order chi connectivity index (χ0) is 30.0. The van der Waals surface area contributed by atoms with Crippen LogP contribution in [0.25, 0.3) is 10.9 Å². The van der Waals surface area contributed by atoms with Gasteiger partial charge in [0.05, 0.1) is 17.8 Å². The Labute approximate surface area is 237 Å². The minimum absolute atomic E-state index is 0.0262. The molecule has 0 unspecified atom stereocenters. The number of carboxylic acid groups (broad SMARTS) is 1. The van der Waals surface area contributed by atoms with E-state index in [1.165, 1.54) is 47.1 Å². The van der Waals surface area contributed by atoms with E-state index >= 15 is 0 Å². The lowest BCUT2D eigenvalue weighted by Crippen LogP contribution is -2.34. The van der Waals surface area contributed by atoms with Crippen molar-refractivity contribution in [1.29, 1.82) is 0 Å². The molecule has 1 heterocycles. The van der Waals surface area contributed by atoms with Crippen LogP contribution < -0.4 is 15.0 Å². The maximum Gasteiger partial charge on any atom is 0.573 e. The van der Waals surface area contributed by atoms with Crippen molar-refractivity contribution < 1.29 is 37.3 Å². The predicted octanol–water partition coefficient (Wildman–Crippen LogP) is 5.19. The maximum absolute atomic E-state index is 13.4. The Morgan fingerprint density at radius 3 is 2.50 bits per heavy atom. The first kappa shape index (κ1) is 28.8. The van der Waals surface area contributed by atoms with E-state index in [-0.39, 0.29) is 30.2 Å². The number of alkyl halides is 3. The van der Waals surface area contributed by atoms with Gasteiger partial charge in [0, 0.05) is 11.5 Å². The van der Waals surface area contributed by atoms with Crippen LogP contribution in [0, 0.1) is 24.7 Å². The van der Waals surface area contributed by atoms with Gasteiger partial charge >= 0.3 is 12.3 Å².